The minimum absolute atomic E-state index is 0.236. The van der Waals surface area contributed by atoms with E-state index in [1.54, 1.807) is 58.9 Å². The van der Waals surface area contributed by atoms with Crippen LogP contribution in [0, 0.1) is 17.2 Å². The smallest absolute Gasteiger partial charge is 0.325 e. The number of aliphatic imine (C=N–C) groups is 1. The van der Waals surface area contributed by atoms with E-state index in [0.29, 0.717) is 22.5 Å². The Morgan fingerprint density at radius 2 is 1.90 bits per heavy atom. The Balaban J connectivity index is 2.46. The van der Waals surface area contributed by atoms with E-state index in [4.69, 9.17) is 9.47 Å². The largest absolute Gasteiger partial charge is 0.468 e. The molecule has 1 aliphatic rings. The standard InChI is InChI=1S/C23H27N3O5/c1-13-18(21(28)25-12-17(27)31-23(3,4)5)20(16-9-7-8-15(10-16)11-24)19(14(2)26-13)22(29)30-6/h7-10,19-20H,12H2,1-6H3,(H,25,28). The number of esters is 2. The summed E-state index contributed by atoms with van der Waals surface area (Å²) in [6, 6.07) is 8.77. The van der Waals surface area contributed by atoms with Crippen LogP contribution in [0.3, 0.4) is 0 Å². The molecule has 0 aliphatic carbocycles. The molecule has 1 amide bonds. The molecule has 1 N–H and O–H groups in total. The van der Waals surface area contributed by atoms with E-state index < -0.39 is 35.3 Å². The van der Waals surface area contributed by atoms with Crippen LogP contribution in [-0.4, -0.2) is 42.8 Å². The van der Waals surface area contributed by atoms with E-state index in [2.05, 4.69) is 16.4 Å². The number of nitrogens with one attached hydrogen (secondary N) is 1. The van der Waals surface area contributed by atoms with Gasteiger partial charge in [0.15, 0.2) is 0 Å². The topological polar surface area (TPSA) is 118 Å². The number of rotatable bonds is 5. The maximum Gasteiger partial charge on any atom is 0.325 e. The SMILES string of the molecule is COC(=O)C1C(C)=NC(C)=C(C(=O)NCC(=O)OC(C)(C)C)C1c1cccc(C#N)c1. The normalized spacial score (nSPS) is 18.5. The molecule has 2 rings (SSSR count). The molecule has 0 radical (unpaired) electrons. The van der Waals surface area contributed by atoms with Gasteiger partial charge in [0.1, 0.15) is 18.1 Å². The average Bonchev–Trinajstić information content (AvgIpc) is 2.69. The van der Waals surface area contributed by atoms with Crippen molar-refractivity contribution < 1.29 is 23.9 Å². The number of nitrogens with zero attached hydrogens (tertiary/aromatic N) is 2. The third kappa shape index (κ3) is 5.79. The number of methoxy groups -OCH3 is 1. The van der Waals surface area contributed by atoms with Crippen LogP contribution < -0.4 is 5.32 Å². The number of hydrogen-bond donors (Lipinski definition) is 1. The summed E-state index contributed by atoms with van der Waals surface area (Å²) in [5, 5.41) is 11.9. The lowest BCUT2D eigenvalue weighted by Crippen LogP contribution is -2.41. The van der Waals surface area contributed by atoms with Gasteiger partial charge >= 0.3 is 11.9 Å². The first-order valence-electron chi connectivity index (χ1n) is 9.82. The third-order valence-corrected chi connectivity index (χ3v) is 4.72. The van der Waals surface area contributed by atoms with Gasteiger partial charge in [0, 0.05) is 22.9 Å². The molecule has 0 saturated heterocycles. The van der Waals surface area contributed by atoms with E-state index >= 15 is 0 Å². The van der Waals surface area contributed by atoms with Gasteiger partial charge < -0.3 is 14.8 Å². The van der Waals surface area contributed by atoms with Crippen molar-refractivity contribution in [3.05, 3.63) is 46.7 Å². The number of carbonyl (C=O) groups excluding carboxylic acids is 3. The lowest BCUT2D eigenvalue weighted by atomic mass is 9.75. The van der Waals surface area contributed by atoms with E-state index in [1.807, 2.05) is 0 Å². The Kier molecular flexibility index (Phi) is 7.34. The van der Waals surface area contributed by atoms with Crippen molar-refractivity contribution in [3.8, 4) is 6.07 Å². The zero-order valence-corrected chi connectivity index (χ0v) is 18.6. The molecule has 2 unspecified atom stereocenters. The molecule has 0 fully saturated rings. The van der Waals surface area contributed by atoms with Crippen LogP contribution in [0.2, 0.25) is 0 Å². The lowest BCUT2D eigenvalue weighted by molar-refractivity contribution is -0.154. The van der Waals surface area contributed by atoms with Gasteiger partial charge in [0.05, 0.1) is 18.7 Å². The number of amides is 1. The molecule has 31 heavy (non-hydrogen) atoms. The second-order valence-corrected chi connectivity index (χ2v) is 8.24. The molecule has 0 spiro atoms. The van der Waals surface area contributed by atoms with Crippen LogP contribution in [-0.2, 0) is 23.9 Å². The number of hydrogen-bond acceptors (Lipinski definition) is 7. The molecule has 1 aliphatic heterocycles. The Bertz CT molecular complexity index is 995. The minimum atomic E-state index is -0.843. The molecule has 0 bridgehead atoms. The van der Waals surface area contributed by atoms with Gasteiger partial charge in [-0.25, -0.2) is 0 Å². The van der Waals surface area contributed by atoms with Crippen LogP contribution in [0.1, 0.15) is 51.7 Å². The first-order valence-corrected chi connectivity index (χ1v) is 9.82. The summed E-state index contributed by atoms with van der Waals surface area (Å²) in [6.45, 7) is 8.23. The molecule has 8 nitrogen and oxygen atoms in total. The van der Waals surface area contributed by atoms with E-state index in [-0.39, 0.29) is 12.1 Å². The molecule has 164 valence electrons. The molecule has 8 heteroatoms. The fourth-order valence-corrected chi connectivity index (χ4v) is 3.55. The van der Waals surface area contributed by atoms with Crippen molar-refractivity contribution in [1.82, 2.24) is 5.32 Å². The second kappa shape index (κ2) is 9.56. The summed E-state index contributed by atoms with van der Waals surface area (Å²) in [4.78, 5) is 42.2. The Morgan fingerprint density at radius 3 is 2.48 bits per heavy atom. The van der Waals surface area contributed by atoms with Gasteiger partial charge in [-0.2, -0.15) is 5.26 Å². The van der Waals surface area contributed by atoms with Gasteiger partial charge in [-0.3, -0.25) is 19.4 Å². The summed E-state index contributed by atoms with van der Waals surface area (Å²) in [7, 11) is 1.27. The van der Waals surface area contributed by atoms with Crippen LogP contribution in [0.25, 0.3) is 0 Å². The van der Waals surface area contributed by atoms with E-state index in [9.17, 15) is 19.6 Å². The number of allylic oxidation sites excluding steroid dienone is 1. The maximum absolute atomic E-state index is 13.1. The van der Waals surface area contributed by atoms with Crippen LogP contribution in [0.15, 0.2) is 40.5 Å². The Morgan fingerprint density at radius 1 is 1.23 bits per heavy atom. The monoisotopic (exact) mass is 425 g/mol. The number of benzene rings is 1. The van der Waals surface area contributed by atoms with Crippen molar-refractivity contribution in [2.24, 2.45) is 10.9 Å². The minimum Gasteiger partial charge on any atom is -0.468 e. The van der Waals surface area contributed by atoms with Crippen molar-refractivity contribution >= 4 is 23.6 Å². The molecule has 0 aromatic heterocycles. The molecule has 1 aromatic carbocycles. The number of ether oxygens (including phenoxy) is 2. The highest BCUT2D eigenvalue weighted by molar-refractivity contribution is 6.08. The maximum atomic E-state index is 13.1. The number of carbonyl (C=O) groups is 3. The van der Waals surface area contributed by atoms with Gasteiger partial charge in [0.25, 0.3) is 0 Å². The predicted molar refractivity (Wildman–Crippen MR) is 114 cm³/mol. The Hall–Kier alpha value is -3.47. The molecule has 2 atom stereocenters. The second-order valence-electron chi connectivity index (χ2n) is 8.24. The van der Waals surface area contributed by atoms with Gasteiger partial charge in [-0.1, -0.05) is 12.1 Å². The lowest BCUT2D eigenvalue weighted by Gasteiger charge is -2.31. The highest BCUT2D eigenvalue weighted by atomic mass is 16.6. The van der Waals surface area contributed by atoms with E-state index in [1.165, 1.54) is 7.11 Å². The molecule has 1 aromatic rings. The van der Waals surface area contributed by atoms with Gasteiger partial charge in [0.2, 0.25) is 5.91 Å². The summed E-state index contributed by atoms with van der Waals surface area (Å²) < 4.78 is 10.2. The number of nitriles is 1. The summed E-state index contributed by atoms with van der Waals surface area (Å²) in [5.41, 5.74) is 1.48. The van der Waals surface area contributed by atoms with Crippen LogP contribution in [0.5, 0.6) is 0 Å². The van der Waals surface area contributed by atoms with Crippen LogP contribution in [0.4, 0.5) is 0 Å². The zero-order chi connectivity index (χ0) is 23.3. The average molecular weight is 425 g/mol. The van der Waals surface area contributed by atoms with E-state index in [0.717, 1.165) is 0 Å². The quantitative estimate of drug-likeness (QED) is 0.725. The third-order valence-electron chi connectivity index (χ3n) is 4.72. The van der Waals surface area contributed by atoms with Crippen molar-refractivity contribution in [3.63, 3.8) is 0 Å². The summed E-state index contributed by atoms with van der Waals surface area (Å²) in [5.74, 6) is -3.23. The summed E-state index contributed by atoms with van der Waals surface area (Å²) in [6.07, 6.45) is 0. The van der Waals surface area contributed by atoms with Crippen LogP contribution >= 0.6 is 0 Å². The van der Waals surface area contributed by atoms with Gasteiger partial charge in [-0.15, -0.1) is 0 Å². The zero-order valence-electron chi connectivity index (χ0n) is 18.6. The van der Waals surface area contributed by atoms with Gasteiger partial charge in [-0.05, 0) is 52.3 Å². The molecule has 0 saturated carbocycles. The molecular formula is C23H27N3O5. The fourth-order valence-electron chi connectivity index (χ4n) is 3.55. The Labute approximate surface area is 181 Å². The molecular weight excluding hydrogens is 398 g/mol. The van der Waals surface area contributed by atoms with Crippen molar-refractivity contribution in [2.45, 2.75) is 46.1 Å². The highest BCUT2D eigenvalue weighted by Crippen LogP contribution is 2.39. The van der Waals surface area contributed by atoms with Crippen molar-refractivity contribution in [2.75, 3.05) is 13.7 Å². The first kappa shape index (κ1) is 23.8. The highest BCUT2D eigenvalue weighted by Gasteiger charge is 2.41. The predicted octanol–water partition coefficient (Wildman–Crippen LogP) is 2.64. The fraction of sp³-hybridized carbons (Fsp3) is 0.435. The summed E-state index contributed by atoms with van der Waals surface area (Å²) >= 11 is 0. The van der Waals surface area contributed by atoms with Crippen molar-refractivity contribution in [1.29, 1.82) is 5.26 Å². The first-order chi connectivity index (χ1) is 14.5. The molecule has 1 heterocycles.